The van der Waals surface area contributed by atoms with Crippen molar-refractivity contribution in [3.63, 3.8) is 0 Å². The molecule has 0 spiro atoms. The van der Waals surface area contributed by atoms with Gasteiger partial charge in [-0.15, -0.1) is 0 Å². The Labute approximate surface area is 193 Å². The fourth-order valence-corrected chi connectivity index (χ4v) is 2.47. The van der Waals surface area contributed by atoms with Gasteiger partial charge >= 0.3 is 11.9 Å². The fourth-order valence-electron chi connectivity index (χ4n) is 2.47. The Morgan fingerprint density at radius 1 is 0.794 bits per heavy atom. The summed E-state index contributed by atoms with van der Waals surface area (Å²) in [4.78, 5) is 73.9. The fraction of sp³-hybridized carbons (Fsp3) is 0.588. The molecule has 4 unspecified atom stereocenters. The van der Waals surface area contributed by atoms with Crippen LogP contribution in [0.2, 0.25) is 0 Å². The third-order valence-corrected chi connectivity index (χ3v) is 4.15. The van der Waals surface area contributed by atoms with Gasteiger partial charge in [-0.2, -0.15) is 0 Å². The minimum absolute atomic E-state index is 0.0886. The van der Waals surface area contributed by atoms with Crippen LogP contribution in [0.5, 0.6) is 0 Å². The Kier molecular flexibility index (Phi) is 13.2. The molecule has 0 saturated carbocycles. The molecule has 4 atom stereocenters. The zero-order chi connectivity index (χ0) is 26.4. The highest BCUT2D eigenvalue weighted by Crippen LogP contribution is 2.02. The number of nitrogens with zero attached hydrogens (tertiary/aromatic N) is 1. The van der Waals surface area contributed by atoms with Gasteiger partial charge in [-0.25, -0.2) is 4.79 Å². The summed E-state index contributed by atoms with van der Waals surface area (Å²) in [5.41, 5.74) is 20.8. The maximum absolute atomic E-state index is 12.5. The van der Waals surface area contributed by atoms with Gasteiger partial charge < -0.3 is 54.2 Å². The molecule has 34 heavy (non-hydrogen) atoms. The van der Waals surface area contributed by atoms with Crippen LogP contribution in [-0.2, 0) is 28.8 Å². The minimum atomic E-state index is -1.66. The number of aliphatic hydroxyl groups excluding tert-OH is 1. The molecule has 0 aliphatic heterocycles. The number of aliphatic carboxylic acids is 2. The molecule has 192 valence electrons. The van der Waals surface area contributed by atoms with Crippen LogP contribution in [0.15, 0.2) is 4.99 Å². The molecule has 0 aliphatic rings. The topological polar surface area (TPSA) is 316 Å². The maximum Gasteiger partial charge on any atom is 0.326 e. The SMILES string of the molecule is NC(=O)CC(NC(=O)C(CO)NC(=O)C(N)CC(=O)O)C(=O)NC(CCCN=C(N)N)C(=O)O. The first-order valence-corrected chi connectivity index (χ1v) is 9.84. The predicted molar refractivity (Wildman–Crippen MR) is 114 cm³/mol. The summed E-state index contributed by atoms with van der Waals surface area (Å²) < 4.78 is 0. The van der Waals surface area contributed by atoms with Crippen molar-refractivity contribution in [2.75, 3.05) is 13.2 Å². The Morgan fingerprint density at radius 2 is 1.32 bits per heavy atom. The van der Waals surface area contributed by atoms with Gasteiger partial charge in [-0.05, 0) is 12.8 Å². The van der Waals surface area contributed by atoms with Crippen molar-refractivity contribution in [1.29, 1.82) is 0 Å². The number of hydrogen-bond donors (Lipinski definition) is 10. The van der Waals surface area contributed by atoms with Crippen molar-refractivity contribution in [1.82, 2.24) is 16.0 Å². The molecule has 0 aliphatic carbocycles. The van der Waals surface area contributed by atoms with Gasteiger partial charge in [0.1, 0.15) is 18.1 Å². The predicted octanol–water partition coefficient (Wildman–Crippen LogP) is -5.75. The number of nitrogens with two attached hydrogens (primary N) is 4. The number of carbonyl (C=O) groups is 6. The van der Waals surface area contributed by atoms with Gasteiger partial charge in [-0.3, -0.25) is 29.0 Å². The second kappa shape index (κ2) is 15.0. The highest BCUT2D eigenvalue weighted by molar-refractivity contribution is 5.96. The number of aliphatic hydroxyl groups is 1. The molecule has 17 nitrogen and oxygen atoms in total. The van der Waals surface area contributed by atoms with Gasteiger partial charge in [0.2, 0.25) is 23.6 Å². The lowest BCUT2D eigenvalue weighted by Gasteiger charge is -2.23. The molecular formula is C17H30N8O9. The molecule has 0 fully saturated rings. The number of nitrogens with one attached hydrogen (secondary N) is 3. The number of primary amides is 1. The van der Waals surface area contributed by atoms with E-state index < -0.39 is 79.2 Å². The molecule has 0 aromatic carbocycles. The lowest BCUT2D eigenvalue weighted by atomic mass is 10.1. The monoisotopic (exact) mass is 490 g/mol. The Balaban J connectivity index is 5.27. The number of amides is 4. The number of carboxylic acid groups (broad SMARTS) is 2. The number of rotatable bonds is 16. The molecule has 0 heterocycles. The van der Waals surface area contributed by atoms with Crippen LogP contribution in [0.25, 0.3) is 0 Å². The highest BCUT2D eigenvalue weighted by atomic mass is 16.4. The van der Waals surface area contributed by atoms with Crippen LogP contribution < -0.4 is 38.9 Å². The summed E-state index contributed by atoms with van der Waals surface area (Å²) in [5, 5.41) is 33.6. The van der Waals surface area contributed by atoms with Gasteiger partial charge in [0.15, 0.2) is 5.96 Å². The molecule has 0 saturated heterocycles. The maximum atomic E-state index is 12.5. The van der Waals surface area contributed by atoms with Crippen molar-refractivity contribution >= 4 is 41.5 Å². The summed E-state index contributed by atoms with van der Waals surface area (Å²) >= 11 is 0. The van der Waals surface area contributed by atoms with Gasteiger partial charge in [0, 0.05) is 6.54 Å². The lowest BCUT2D eigenvalue weighted by Crippen LogP contribution is -2.58. The molecule has 0 aromatic heterocycles. The van der Waals surface area contributed by atoms with E-state index in [-0.39, 0.29) is 25.3 Å². The number of carbonyl (C=O) groups excluding carboxylic acids is 4. The number of guanidine groups is 1. The van der Waals surface area contributed by atoms with Crippen molar-refractivity contribution in [3.05, 3.63) is 0 Å². The van der Waals surface area contributed by atoms with Gasteiger partial charge in [0.25, 0.3) is 0 Å². The Hall–Kier alpha value is -3.99. The third-order valence-electron chi connectivity index (χ3n) is 4.15. The van der Waals surface area contributed by atoms with E-state index in [2.05, 4.69) is 15.6 Å². The summed E-state index contributed by atoms with van der Waals surface area (Å²) in [6.45, 7) is -0.879. The second-order valence-electron chi connectivity index (χ2n) is 7.03. The normalized spacial score (nSPS) is 13.9. The molecule has 0 aromatic rings. The summed E-state index contributed by atoms with van der Waals surface area (Å²) in [6.07, 6.45) is -1.40. The van der Waals surface area contributed by atoms with Crippen LogP contribution >= 0.6 is 0 Å². The largest absolute Gasteiger partial charge is 0.481 e. The van der Waals surface area contributed by atoms with E-state index in [1.807, 2.05) is 5.32 Å². The van der Waals surface area contributed by atoms with Crippen LogP contribution in [0.1, 0.15) is 25.7 Å². The molecule has 0 bridgehead atoms. The van der Waals surface area contributed by atoms with E-state index in [0.29, 0.717) is 0 Å². The number of carboxylic acids is 2. The first-order chi connectivity index (χ1) is 15.8. The van der Waals surface area contributed by atoms with Crippen molar-refractivity contribution in [3.8, 4) is 0 Å². The van der Waals surface area contributed by atoms with Crippen LogP contribution in [0.3, 0.4) is 0 Å². The summed E-state index contributed by atoms with van der Waals surface area (Å²) in [6, 6.07) is -6.26. The van der Waals surface area contributed by atoms with Crippen LogP contribution in [0, 0.1) is 0 Å². The third kappa shape index (κ3) is 12.2. The van der Waals surface area contributed by atoms with E-state index in [1.54, 1.807) is 0 Å². The van der Waals surface area contributed by atoms with E-state index in [1.165, 1.54) is 0 Å². The van der Waals surface area contributed by atoms with E-state index in [0.717, 1.165) is 0 Å². The molecule has 0 rings (SSSR count). The smallest absolute Gasteiger partial charge is 0.326 e. The van der Waals surface area contributed by atoms with E-state index in [4.69, 9.17) is 28.0 Å². The summed E-state index contributed by atoms with van der Waals surface area (Å²) in [5.74, 6) is -7.29. The molecule has 4 amide bonds. The number of hydrogen-bond acceptors (Lipinski definition) is 9. The minimum Gasteiger partial charge on any atom is -0.481 e. The highest BCUT2D eigenvalue weighted by Gasteiger charge is 2.31. The summed E-state index contributed by atoms with van der Waals surface area (Å²) in [7, 11) is 0. The van der Waals surface area contributed by atoms with Crippen molar-refractivity contribution in [2.24, 2.45) is 27.9 Å². The molecular weight excluding hydrogens is 460 g/mol. The Bertz CT molecular complexity index is 800. The number of aliphatic imine (C=N–C) groups is 1. The lowest BCUT2D eigenvalue weighted by molar-refractivity contribution is -0.142. The van der Waals surface area contributed by atoms with Gasteiger partial charge in [-0.1, -0.05) is 0 Å². The molecule has 17 heteroatoms. The van der Waals surface area contributed by atoms with Crippen LogP contribution in [0.4, 0.5) is 0 Å². The zero-order valence-corrected chi connectivity index (χ0v) is 18.1. The average molecular weight is 490 g/mol. The first kappa shape index (κ1) is 30.0. The second-order valence-corrected chi connectivity index (χ2v) is 7.03. The standard InChI is InChI=1S/C17H30N8O9/c18-7(4-12(28)29)13(30)25-10(6-26)15(32)24-9(5-11(19)27)14(31)23-8(16(33)34)2-1-3-22-17(20)21/h7-10,26H,1-6,18H2,(H2,19,27)(H,23,31)(H,24,32)(H,25,30)(H,28,29)(H,33,34)(H4,20,21,22). The quantitative estimate of drug-likeness (QED) is 0.0549. The molecule has 14 N–H and O–H groups in total. The average Bonchev–Trinajstić information content (AvgIpc) is 2.71. The molecule has 0 radical (unpaired) electrons. The van der Waals surface area contributed by atoms with Crippen LogP contribution in [-0.4, -0.2) is 94.2 Å². The van der Waals surface area contributed by atoms with E-state index >= 15 is 0 Å². The van der Waals surface area contributed by atoms with Crippen molar-refractivity contribution in [2.45, 2.75) is 49.9 Å². The van der Waals surface area contributed by atoms with E-state index in [9.17, 15) is 39.0 Å². The van der Waals surface area contributed by atoms with Gasteiger partial charge in [0.05, 0.1) is 25.5 Å². The Morgan fingerprint density at radius 3 is 1.79 bits per heavy atom. The first-order valence-electron chi connectivity index (χ1n) is 9.84. The van der Waals surface area contributed by atoms with Crippen molar-refractivity contribution < 1.29 is 44.1 Å². The zero-order valence-electron chi connectivity index (χ0n) is 18.1.